The molecule has 0 bridgehead atoms. The van der Waals surface area contributed by atoms with Crippen LogP contribution in [0.1, 0.15) is 58.8 Å². The quantitative estimate of drug-likeness (QED) is 0.521. The minimum absolute atomic E-state index is 0.161. The number of para-hydroxylation sites is 1. The predicted octanol–water partition coefficient (Wildman–Crippen LogP) is 5.51. The van der Waals surface area contributed by atoms with Crippen LogP contribution in [0.5, 0.6) is 0 Å². The molecule has 0 saturated heterocycles. The molecule has 4 aliphatic carbocycles. The van der Waals surface area contributed by atoms with Crippen LogP contribution in [0, 0.1) is 28.6 Å². The van der Waals surface area contributed by atoms with Crippen molar-refractivity contribution in [3.05, 3.63) is 53.8 Å². The van der Waals surface area contributed by atoms with Gasteiger partial charge in [-0.3, -0.25) is 4.79 Å². The number of Topliss-reactive ketones (excluding diaryl/α,β-unsaturated/α-hetero) is 1. The standard InChI is InChI=1S/C27H35NO2/c1-26-13-11-21(29)16-19(26)9-10-22-23(26)12-14-27(2)24(22)15-18(25(27)30)17-28(3)20-7-5-4-6-8-20/h4-9,17,21-24,29H,10-16H2,1-3H3. The molecule has 4 aliphatic rings. The maximum atomic E-state index is 13.6. The molecule has 1 N–H and O–H groups in total. The Hall–Kier alpha value is -1.87. The Morgan fingerprint density at radius 2 is 1.77 bits per heavy atom. The lowest BCUT2D eigenvalue weighted by Gasteiger charge is -2.56. The van der Waals surface area contributed by atoms with Crippen molar-refractivity contribution in [2.45, 2.75) is 64.9 Å². The zero-order valence-electron chi connectivity index (χ0n) is 18.6. The molecule has 1 aromatic rings. The molecule has 0 aliphatic heterocycles. The first-order valence-corrected chi connectivity index (χ1v) is 11.7. The van der Waals surface area contributed by atoms with E-state index >= 15 is 0 Å². The van der Waals surface area contributed by atoms with Gasteiger partial charge in [-0.2, -0.15) is 0 Å². The van der Waals surface area contributed by atoms with Crippen LogP contribution in [-0.2, 0) is 4.79 Å². The lowest BCUT2D eigenvalue weighted by molar-refractivity contribution is -0.130. The van der Waals surface area contributed by atoms with E-state index in [1.807, 2.05) is 25.2 Å². The average Bonchev–Trinajstić information content (AvgIpc) is 3.00. The highest BCUT2D eigenvalue weighted by atomic mass is 16.3. The Morgan fingerprint density at radius 1 is 1.03 bits per heavy atom. The number of allylic oxidation sites excluding steroid dienone is 2. The van der Waals surface area contributed by atoms with Crippen LogP contribution >= 0.6 is 0 Å². The molecule has 30 heavy (non-hydrogen) atoms. The Morgan fingerprint density at radius 3 is 2.53 bits per heavy atom. The summed E-state index contributed by atoms with van der Waals surface area (Å²) in [6.07, 6.45) is 11.4. The van der Waals surface area contributed by atoms with Crippen molar-refractivity contribution in [1.82, 2.24) is 0 Å². The first-order chi connectivity index (χ1) is 14.3. The Labute approximate surface area is 180 Å². The van der Waals surface area contributed by atoms with Crippen molar-refractivity contribution in [3.63, 3.8) is 0 Å². The second-order valence-electron chi connectivity index (χ2n) is 10.7. The Kier molecular flexibility index (Phi) is 4.74. The van der Waals surface area contributed by atoms with Crippen LogP contribution in [0.2, 0.25) is 0 Å². The molecule has 3 saturated carbocycles. The fourth-order valence-corrected chi connectivity index (χ4v) is 7.40. The number of carbonyl (C=O) groups excluding carboxylic acids is 1. The van der Waals surface area contributed by atoms with Crippen LogP contribution in [0.25, 0.3) is 0 Å². The van der Waals surface area contributed by atoms with Gasteiger partial charge in [0.2, 0.25) is 0 Å². The van der Waals surface area contributed by atoms with Crippen molar-refractivity contribution in [1.29, 1.82) is 0 Å². The normalized spacial score (nSPS) is 41.7. The first-order valence-electron chi connectivity index (χ1n) is 11.7. The minimum Gasteiger partial charge on any atom is -0.393 e. The topological polar surface area (TPSA) is 40.5 Å². The first kappa shape index (κ1) is 20.1. The van der Waals surface area contributed by atoms with Gasteiger partial charge in [-0.25, -0.2) is 0 Å². The van der Waals surface area contributed by atoms with Crippen LogP contribution in [0.15, 0.2) is 53.8 Å². The monoisotopic (exact) mass is 405 g/mol. The van der Waals surface area contributed by atoms with Gasteiger partial charge in [0, 0.05) is 29.9 Å². The molecule has 3 nitrogen and oxygen atoms in total. The number of nitrogens with zero attached hydrogens (tertiary/aromatic N) is 1. The third-order valence-electron chi connectivity index (χ3n) is 9.23. The minimum atomic E-state index is -0.208. The van der Waals surface area contributed by atoms with Crippen LogP contribution in [-0.4, -0.2) is 24.0 Å². The van der Waals surface area contributed by atoms with E-state index in [9.17, 15) is 9.90 Å². The number of rotatable bonds is 2. The highest BCUT2D eigenvalue weighted by Crippen LogP contribution is 2.64. The number of hydrogen-bond donors (Lipinski definition) is 1. The second-order valence-corrected chi connectivity index (χ2v) is 10.7. The summed E-state index contributed by atoms with van der Waals surface area (Å²) in [6, 6.07) is 10.3. The maximum absolute atomic E-state index is 13.6. The van der Waals surface area contributed by atoms with Gasteiger partial charge in [-0.15, -0.1) is 0 Å². The summed E-state index contributed by atoms with van der Waals surface area (Å²) in [7, 11) is 2.05. The molecule has 0 aromatic heterocycles. The number of hydrogen-bond acceptors (Lipinski definition) is 3. The summed E-state index contributed by atoms with van der Waals surface area (Å²) in [5.74, 6) is 2.07. The Balaban J connectivity index is 1.44. The van der Waals surface area contributed by atoms with Crippen molar-refractivity contribution in [2.24, 2.45) is 28.6 Å². The number of benzene rings is 1. The lowest BCUT2D eigenvalue weighted by atomic mass is 9.48. The molecule has 6 unspecified atom stereocenters. The van der Waals surface area contributed by atoms with Crippen LogP contribution < -0.4 is 4.90 Å². The molecule has 0 radical (unpaired) electrons. The molecular formula is C27H35NO2. The number of fused-ring (bicyclic) bond motifs is 5. The molecule has 0 amide bonds. The van der Waals surface area contributed by atoms with Crippen LogP contribution in [0.4, 0.5) is 5.69 Å². The number of anilines is 1. The third kappa shape index (κ3) is 2.92. The van der Waals surface area contributed by atoms with E-state index in [0.29, 0.717) is 23.5 Å². The number of carbonyl (C=O) groups is 1. The van der Waals surface area contributed by atoms with E-state index in [4.69, 9.17) is 0 Å². The smallest absolute Gasteiger partial charge is 0.166 e. The summed E-state index contributed by atoms with van der Waals surface area (Å²) in [4.78, 5) is 15.7. The maximum Gasteiger partial charge on any atom is 0.166 e. The van der Waals surface area contributed by atoms with E-state index in [2.05, 4.69) is 43.2 Å². The highest BCUT2D eigenvalue weighted by Gasteiger charge is 2.59. The summed E-state index contributed by atoms with van der Waals surface area (Å²) < 4.78 is 0. The SMILES string of the molecule is CN(C=C1CC2C3CC=C4CC(O)CCC4(C)C3CCC2(C)C1=O)c1ccccc1. The molecule has 3 heteroatoms. The predicted molar refractivity (Wildman–Crippen MR) is 121 cm³/mol. The summed E-state index contributed by atoms with van der Waals surface area (Å²) in [5.41, 5.74) is 3.64. The van der Waals surface area contributed by atoms with Gasteiger partial charge in [0.05, 0.1) is 6.10 Å². The van der Waals surface area contributed by atoms with Crippen molar-refractivity contribution in [2.75, 3.05) is 11.9 Å². The van der Waals surface area contributed by atoms with Gasteiger partial charge in [0.25, 0.3) is 0 Å². The van der Waals surface area contributed by atoms with E-state index in [1.165, 1.54) is 5.57 Å². The Bertz CT molecular complexity index is 903. The number of ketones is 1. The summed E-state index contributed by atoms with van der Waals surface area (Å²) in [5, 5.41) is 10.2. The highest BCUT2D eigenvalue weighted by molar-refractivity contribution is 6.02. The average molecular weight is 406 g/mol. The lowest BCUT2D eigenvalue weighted by Crippen LogP contribution is -2.50. The van der Waals surface area contributed by atoms with Gasteiger partial charge < -0.3 is 10.0 Å². The molecule has 5 rings (SSSR count). The fourth-order valence-electron chi connectivity index (χ4n) is 7.40. The van der Waals surface area contributed by atoms with E-state index in [0.717, 1.165) is 56.2 Å². The van der Waals surface area contributed by atoms with Gasteiger partial charge >= 0.3 is 0 Å². The van der Waals surface area contributed by atoms with Crippen molar-refractivity contribution < 1.29 is 9.90 Å². The molecule has 160 valence electrons. The zero-order chi connectivity index (χ0) is 21.1. The van der Waals surface area contributed by atoms with Crippen LogP contribution in [0.3, 0.4) is 0 Å². The van der Waals surface area contributed by atoms with E-state index < -0.39 is 0 Å². The summed E-state index contributed by atoms with van der Waals surface area (Å²) in [6.45, 7) is 4.69. The van der Waals surface area contributed by atoms with Gasteiger partial charge in [0.15, 0.2) is 5.78 Å². The van der Waals surface area contributed by atoms with E-state index in [1.54, 1.807) is 0 Å². The van der Waals surface area contributed by atoms with Crippen molar-refractivity contribution >= 4 is 11.5 Å². The molecule has 1 aromatic carbocycles. The molecule has 6 atom stereocenters. The molecule has 0 heterocycles. The number of aliphatic hydroxyl groups is 1. The largest absolute Gasteiger partial charge is 0.393 e. The second kappa shape index (κ2) is 7.09. The van der Waals surface area contributed by atoms with E-state index in [-0.39, 0.29) is 16.9 Å². The fraction of sp³-hybridized carbons (Fsp3) is 0.593. The molecule has 0 spiro atoms. The third-order valence-corrected chi connectivity index (χ3v) is 9.23. The molecule has 3 fully saturated rings. The number of aliphatic hydroxyl groups excluding tert-OH is 1. The van der Waals surface area contributed by atoms with Gasteiger partial charge in [0.1, 0.15) is 0 Å². The zero-order valence-corrected chi connectivity index (χ0v) is 18.6. The van der Waals surface area contributed by atoms with Gasteiger partial charge in [-0.05, 0) is 80.2 Å². The summed E-state index contributed by atoms with van der Waals surface area (Å²) >= 11 is 0. The van der Waals surface area contributed by atoms with Gasteiger partial charge in [-0.1, -0.05) is 43.7 Å². The molecular weight excluding hydrogens is 370 g/mol. The van der Waals surface area contributed by atoms with Crippen molar-refractivity contribution in [3.8, 4) is 0 Å².